The van der Waals surface area contributed by atoms with Crippen molar-refractivity contribution in [3.63, 3.8) is 0 Å². The Labute approximate surface area is 158 Å². The number of benzene rings is 2. The molecule has 4 N–H and O–H groups in total. The molecule has 0 fully saturated rings. The standard InChI is InChI=1S/C20H21N3O2S/c1-11-7-8-16(12(2)9-11)22-19(25)17-13(3)21-20(26)23-18(17)14-5-4-6-15(24)10-14/h4-10,18,24H,1-3H3,(H,22,25)(H2,21,23,26). The van der Waals surface area contributed by atoms with Gasteiger partial charge in [-0.2, -0.15) is 0 Å². The molecule has 0 saturated carbocycles. The van der Waals surface area contributed by atoms with E-state index < -0.39 is 6.04 Å². The second-order valence-electron chi connectivity index (χ2n) is 6.44. The summed E-state index contributed by atoms with van der Waals surface area (Å²) in [5.74, 6) is -0.0779. The summed E-state index contributed by atoms with van der Waals surface area (Å²) in [6.45, 7) is 5.79. The molecule has 0 bridgehead atoms. The summed E-state index contributed by atoms with van der Waals surface area (Å²) in [4.78, 5) is 13.0. The van der Waals surface area contributed by atoms with Crippen LogP contribution in [0.15, 0.2) is 53.7 Å². The number of allylic oxidation sites excluding steroid dienone is 1. The maximum Gasteiger partial charge on any atom is 0.255 e. The third-order valence-corrected chi connectivity index (χ3v) is 4.57. The molecule has 1 aliphatic heterocycles. The number of carbonyl (C=O) groups excluding carboxylic acids is 1. The number of carbonyl (C=O) groups is 1. The Morgan fingerprint density at radius 1 is 1.15 bits per heavy atom. The predicted octanol–water partition coefficient (Wildman–Crippen LogP) is 3.44. The van der Waals surface area contributed by atoms with Crippen LogP contribution in [0.25, 0.3) is 0 Å². The van der Waals surface area contributed by atoms with E-state index in [1.54, 1.807) is 18.2 Å². The minimum absolute atomic E-state index is 0.139. The van der Waals surface area contributed by atoms with Crippen molar-refractivity contribution in [3.05, 3.63) is 70.4 Å². The molecular weight excluding hydrogens is 346 g/mol. The fraction of sp³-hybridized carbons (Fsp3) is 0.200. The van der Waals surface area contributed by atoms with Crippen LogP contribution in [0.1, 0.15) is 29.7 Å². The van der Waals surface area contributed by atoms with E-state index in [4.69, 9.17) is 12.2 Å². The molecule has 2 aromatic rings. The lowest BCUT2D eigenvalue weighted by molar-refractivity contribution is -0.113. The summed E-state index contributed by atoms with van der Waals surface area (Å²) in [6, 6.07) is 12.3. The Kier molecular flexibility index (Phi) is 4.95. The quantitative estimate of drug-likeness (QED) is 0.626. The third kappa shape index (κ3) is 3.70. The van der Waals surface area contributed by atoms with Crippen molar-refractivity contribution < 1.29 is 9.90 Å². The molecule has 0 aliphatic carbocycles. The number of rotatable bonds is 3. The van der Waals surface area contributed by atoms with Crippen molar-refractivity contribution >= 4 is 28.9 Å². The van der Waals surface area contributed by atoms with Crippen molar-refractivity contribution in [1.29, 1.82) is 0 Å². The van der Waals surface area contributed by atoms with Crippen LogP contribution in [-0.4, -0.2) is 16.1 Å². The van der Waals surface area contributed by atoms with E-state index in [1.807, 2.05) is 45.0 Å². The summed E-state index contributed by atoms with van der Waals surface area (Å²) < 4.78 is 0. The number of aryl methyl sites for hydroxylation is 2. The normalized spacial score (nSPS) is 16.7. The lowest BCUT2D eigenvalue weighted by Gasteiger charge is -2.30. The molecule has 1 amide bonds. The highest BCUT2D eigenvalue weighted by molar-refractivity contribution is 7.80. The monoisotopic (exact) mass is 367 g/mol. The van der Waals surface area contributed by atoms with Gasteiger partial charge in [0.1, 0.15) is 5.75 Å². The van der Waals surface area contributed by atoms with E-state index in [0.717, 1.165) is 22.4 Å². The summed E-state index contributed by atoms with van der Waals surface area (Å²) in [5.41, 5.74) is 4.88. The van der Waals surface area contributed by atoms with Crippen molar-refractivity contribution in [2.24, 2.45) is 0 Å². The minimum atomic E-state index is -0.443. The summed E-state index contributed by atoms with van der Waals surface area (Å²) in [6.07, 6.45) is 0. The molecule has 1 aliphatic rings. The lowest BCUT2D eigenvalue weighted by Crippen LogP contribution is -2.45. The Balaban J connectivity index is 1.97. The van der Waals surface area contributed by atoms with Gasteiger partial charge in [0.15, 0.2) is 5.11 Å². The molecule has 0 spiro atoms. The first-order chi connectivity index (χ1) is 12.3. The van der Waals surface area contributed by atoms with E-state index in [-0.39, 0.29) is 11.7 Å². The van der Waals surface area contributed by atoms with E-state index in [2.05, 4.69) is 16.0 Å². The van der Waals surface area contributed by atoms with Crippen LogP contribution < -0.4 is 16.0 Å². The number of amides is 1. The number of phenolic OH excluding ortho intramolecular Hbond substituents is 1. The molecule has 134 valence electrons. The Morgan fingerprint density at radius 3 is 2.62 bits per heavy atom. The number of nitrogens with one attached hydrogen (secondary N) is 3. The highest BCUT2D eigenvalue weighted by Gasteiger charge is 2.30. The van der Waals surface area contributed by atoms with Gasteiger partial charge in [-0.1, -0.05) is 29.8 Å². The molecule has 0 aromatic heterocycles. The first kappa shape index (κ1) is 17.9. The Bertz CT molecular complexity index is 921. The zero-order valence-electron chi connectivity index (χ0n) is 14.9. The van der Waals surface area contributed by atoms with Crippen molar-refractivity contribution in [3.8, 4) is 5.75 Å². The maximum absolute atomic E-state index is 13.0. The van der Waals surface area contributed by atoms with Gasteiger partial charge in [-0.15, -0.1) is 0 Å². The second kappa shape index (κ2) is 7.17. The fourth-order valence-electron chi connectivity index (χ4n) is 3.09. The van der Waals surface area contributed by atoms with Crippen molar-refractivity contribution in [2.45, 2.75) is 26.8 Å². The molecule has 1 heterocycles. The molecule has 1 atom stereocenters. The Morgan fingerprint density at radius 2 is 1.92 bits per heavy atom. The van der Waals surface area contributed by atoms with E-state index in [9.17, 15) is 9.90 Å². The Hall–Kier alpha value is -2.86. The molecule has 6 heteroatoms. The highest BCUT2D eigenvalue weighted by atomic mass is 32.1. The van der Waals surface area contributed by atoms with E-state index >= 15 is 0 Å². The van der Waals surface area contributed by atoms with Crippen LogP contribution in [0.3, 0.4) is 0 Å². The van der Waals surface area contributed by atoms with Crippen molar-refractivity contribution in [2.75, 3.05) is 5.32 Å². The summed E-state index contributed by atoms with van der Waals surface area (Å²) in [5, 5.41) is 19.4. The van der Waals surface area contributed by atoms with E-state index in [1.165, 1.54) is 0 Å². The first-order valence-corrected chi connectivity index (χ1v) is 8.72. The minimum Gasteiger partial charge on any atom is -0.508 e. The van der Waals surface area contributed by atoms with Crippen LogP contribution in [0, 0.1) is 13.8 Å². The van der Waals surface area contributed by atoms with Gasteiger partial charge in [0.25, 0.3) is 5.91 Å². The van der Waals surface area contributed by atoms with Gasteiger partial charge in [0.05, 0.1) is 11.6 Å². The molecule has 3 rings (SSSR count). The maximum atomic E-state index is 13.0. The number of hydrogen-bond donors (Lipinski definition) is 4. The zero-order chi connectivity index (χ0) is 18.8. The van der Waals surface area contributed by atoms with Crippen LogP contribution in [-0.2, 0) is 4.79 Å². The van der Waals surface area contributed by atoms with Crippen LogP contribution in [0.5, 0.6) is 5.75 Å². The smallest absolute Gasteiger partial charge is 0.255 e. The van der Waals surface area contributed by atoms with E-state index in [0.29, 0.717) is 16.4 Å². The average Bonchev–Trinajstić information content (AvgIpc) is 2.56. The molecule has 2 aromatic carbocycles. The predicted molar refractivity (Wildman–Crippen MR) is 107 cm³/mol. The lowest BCUT2D eigenvalue weighted by atomic mass is 9.94. The van der Waals surface area contributed by atoms with Crippen molar-refractivity contribution in [1.82, 2.24) is 10.6 Å². The van der Waals surface area contributed by atoms with Crippen LogP contribution in [0.4, 0.5) is 5.69 Å². The summed E-state index contributed by atoms with van der Waals surface area (Å²) >= 11 is 5.25. The topological polar surface area (TPSA) is 73.4 Å². The van der Waals surface area contributed by atoms with Gasteiger partial charge in [0.2, 0.25) is 0 Å². The fourth-order valence-corrected chi connectivity index (χ4v) is 3.36. The number of thiocarbonyl (C=S) groups is 1. The number of hydrogen-bond acceptors (Lipinski definition) is 3. The van der Waals surface area contributed by atoms with Crippen LogP contribution in [0.2, 0.25) is 0 Å². The van der Waals surface area contributed by atoms with Gasteiger partial charge in [0, 0.05) is 11.4 Å². The average molecular weight is 367 g/mol. The first-order valence-electron chi connectivity index (χ1n) is 8.31. The zero-order valence-corrected chi connectivity index (χ0v) is 15.7. The molecular formula is C20H21N3O2S. The summed E-state index contributed by atoms with van der Waals surface area (Å²) in [7, 11) is 0. The SMILES string of the molecule is CC1=C(C(=O)Nc2ccc(C)cc2C)C(c2cccc(O)c2)NC(=S)N1. The molecule has 1 unspecified atom stereocenters. The molecule has 5 nitrogen and oxygen atoms in total. The number of anilines is 1. The van der Waals surface area contributed by atoms with Gasteiger partial charge in [-0.05, 0) is 62.3 Å². The van der Waals surface area contributed by atoms with Gasteiger partial charge >= 0.3 is 0 Å². The molecule has 0 saturated heterocycles. The van der Waals surface area contributed by atoms with Gasteiger partial charge in [-0.25, -0.2) is 0 Å². The molecule has 26 heavy (non-hydrogen) atoms. The molecule has 0 radical (unpaired) electrons. The van der Waals surface area contributed by atoms with Gasteiger partial charge in [-0.3, -0.25) is 4.79 Å². The number of aromatic hydroxyl groups is 1. The highest BCUT2D eigenvalue weighted by Crippen LogP contribution is 2.30. The third-order valence-electron chi connectivity index (χ3n) is 4.35. The largest absolute Gasteiger partial charge is 0.508 e. The van der Waals surface area contributed by atoms with Crippen LogP contribution >= 0.6 is 12.2 Å². The second-order valence-corrected chi connectivity index (χ2v) is 6.85. The number of phenols is 1. The van der Waals surface area contributed by atoms with Gasteiger partial charge < -0.3 is 21.1 Å².